The van der Waals surface area contributed by atoms with E-state index in [1.807, 2.05) is 12.1 Å². The molecule has 0 aliphatic carbocycles. The first kappa shape index (κ1) is 14.4. The van der Waals surface area contributed by atoms with Crippen LogP contribution in [0.2, 0.25) is 0 Å². The van der Waals surface area contributed by atoms with E-state index in [1.165, 1.54) is 5.56 Å². The molecule has 0 atom stereocenters. The number of aromatic carboxylic acids is 1. The molecule has 112 valence electrons. The van der Waals surface area contributed by atoms with Crippen LogP contribution in [0, 0.1) is 0 Å². The van der Waals surface area contributed by atoms with Gasteiger partial charge in [0.2, 0.25) is 0 Å². The van der Waals surface area contributed by atoms with Gasteiger partial charge in [-0.1, -0.05) is 39.0 Å². The summed E-state index contributed by atoms with van der Waals surface area (Å²) >= 11 is 0. The Morgan fingerprint density at radius 3 is 2.50 bits per heavy atom. The molecule has 3 rings (SSSR count). The second-order valence-electron chi connectivity index (χ2n) is 6.62. The quantitative estimate of drug-likeness (QED) is 0.711. The molecule has 3 aromatic rings. The van der Waals surface area contributed by atoms with E-state index in [-0.39, 0.29) is 5.41 Å². The Kier molecular flexibility index (Phi) is 3.28. The number of hydrogen-bond donors (Lipinski definition) is 2. The van der Waals surface area contributed by atoms with Gasteiger partial charge >= 0.3 is 5.97 Å². The highest BCUT2D eigenvalue weighted by atomic mass is 16.4. The molecule has 0 radical (unpaired) electrons. The average molecular weight is 293 g/mol. The van der Waals surface area contributed by atoms with E-state index in [1.54, 1.807) is 12.1 Å². The van der Waals surface area contributed by atoms with Gasteiger partial charge in [-0.3, -0.25) is 0 Å². The molecule has 1 aromatic heterocycles. The minimum absolute atomic E-state index is 0.0957. The number of carboxylic acids is 1. The average Bonchev–Trinajstić information content (AvgIpc) is 2.89. The summed E-state index contributed by atoms with van der Waals surface area (Å²) in [5, 5.41) is 10.00. The summed E-state index contributed by atoms with van der Waals surface area (Å²) in [4.78, 5) is 14.4. The van der Waals surface area contributed by atoms with Crippen LogP contribution in [0.4, 0.5) is 0 Å². The minimum atomic E-state index is -0.903. The van der Waals surface area contributed by atoms with E-state index in [9.17, 15) is 4.79 Å². The lowest BCUT2D eigenvalue weighted by Crippen LogP contribution is -2.10. The molecule has 3 heteroatoms. The van der Waals surface area contributed by atoms with Crippen molar-refractivity contribution < 1.29 is 9.90 Å². The number of benzene rings is 2. The highest BCUT2D eigenvalue weighted by Gasteiger charge is 2.14. The summed E-state index contributed by atoms with van der Waals surface area (Å²) in [5.41, 5.74) is 4.74. The Hall–Kier alpha value is -2.55. The maximum atomic E-state index is 11.1. The summed E-state index contributed by atoms with van der Waals surface area (Å²) in [6.07, 6.45) is 0. The maximum Gasteiger partial charge on any atom is 0.335 e. The van der Waals surface area contributed by atoms with Crippen LogP contribution in [0.3, 0.4) is 0 Å². The van der Waals surface area contributed by atoms with Gasteiger partial charge in [0, 0.05) is 16.6 Å². The van der Waals surface area contributed by atoms with E-state index >= 15 is 0 Å². The standard InChI is InChI=1S/C19H19NO2/c1-19(2,3)15-6-4-5-12(10-15)17-11-14-9-13(18(21)22)7-8-16(14)20-17/h4-11,20H,1-3H3,(H,21,22). The van der Waals surface area contributed by atoms with Crippen LogP contribution in [0.25, 0.3) is 22.2 Å². The van der Waals surface area contributed by atoms with Gasteiger partial charge in [-0.05, 0) is 46.9 Å². The molecule has 3 nitrogen and oxygen atoms in total. The normalized spacial score (nSPS) is 11.8. The Labute approximate surface area is 129 Å². The lowest BCUT2D eigenvalue weighted by atomic mass is 9.86. The molecular weight excluding hydrogens is 274 g/mol. The summed E-state index contributed by atoms with van der Waals surface area (Å²) < 4.78 is 0. The number of hydrogen-bond acceptors (Lipinski definition) is 1. The summed E-state index contributed by atoms with van der Waals surface area (Å²) in [5.74, 6) is -0.903. The van der Waals surface area contributed by atoms with E-state index in [4.69, 9.17) is 5.11 Å². The van der Waals surface area contributed by atoms with Crippen molar-refractivity contribution in [3.05, 3.63) is 59.7 Å². The predicted molar refractivity (Wildman–Crippen MR) is 89.4 cm³/mol. The van der Waals surface area contributed by atoms with Gasteiger partial charge in [-0.2, -0.15) is 0 Å². The van der Waals surface area contributed by atoms with Gasteiger partial charge in [0.05, 0.1) is 5.56 Å². The molecule has 0 bridgehead atoms. The van der Waals surface area contributed by atoms with Crippen molar-refractivity contribution in [2.24, 2.45) is 0 Å². The smallest absolute Gasteiger partial charge is 0.335 e. The molecule has 0 saturated heterocycles. The highest BCUT2D eigenvalue weighted by molar-refractivity contribution is 5.95. The van der Waals surface area contributed by atoms with Gasteiger partial charge in [0.15, 0.2) is 0 Å². The molecule has 22 heavy (non-hydrogen) atoms. The number of aromatic amines is 1. The molecule has 2 N–H and O–H groups in total. The summed E-state index contributed by atoms with van der Waals surface area (Å²) in [6.45, 7) is 6.57. The second-order valence-corrected chi connectivity index (χ2v) is 6.62. The van der Waals surface area contributed by atoms with Crippen molar-refractivity contribution in [3.63, 3.8) is 0 Å². The van der Waals surface area contributed by atoms with Gasteiger partial charge in [-0.25, -0.2) is 4.79 Å². The molecule has 2 aromatic carbocycles. The zero-order valence-electron chi connectivity index (χ0n) is 13.0. The third-order valence-electron chi connectivity index (χ3n) is 3.91. The Balaban J connectivity index is 2.09. The lowest BCUT2D eigenvalue weighted by molar-refractivity contribution is 0.0697. The molecule has 0 amide bonds. The number of fused-ring (bicyclic) bond motifs is 1. The van der Waals surface area contributed by atoms with Crippen LogP contribution in [0.5, 0.6) is 0 Å². The summed E-state index contributed by atoms with van der Waals surface area (Å²) in [7, 11) is 0. The first-order valence-electron chi connectivity index (χ1n) is 7.31. The highest BCUT2D eigenvalue weighted by Crippen LogP contribution is 2.29. The van der Waals surface area contributed by atoms with Crippen LogP contribution >= 0.6 is 0 Å². The summed E-state index contributed by atoms with van der Waals surface area (Å²) in [6, 6.07) is 15.6. The maximum absolute atomic E-state index is 11.1. The Bertz CT molecular complexity index is 853. The first-order chi connectivity index (χ1) is 10.3. The van der Waals surface area contributed by atoms with Crippen LogP contribution in [0.1, 0.15) is 36.7 Å². The number of aromatic nitrogens is 1. The van der Waals surface area contributed by atoms with Crippen molar-refractivity contribution in [3.8, 4) is 11.3 Å². The Morgan fingerprint density at radius 2 is 1.82 bits per heavy atom. The number of carbonyl (C=O) groups is 1. The lowest BCUT2D eigenvalue weighted by Gasteiger charge is -2.19. The number of nitrogens with one attached hydrogen (secondary N) is 1. The molecule has 0 fully saturated rings. The Morgan fingerprint density at radius 1 is 1.05 bits per heavy atom. The van der Waals surface area contributed by atoms with Crippen molar-refractivity contribution in [2.75, 3.05) is 0 Å². The van der Waals surface area contributed by atoms with Gasteiger partial charge in [0.25, 0.3) is 0 Å². The molecule has 0 saturated carbocycles. The second kappa shape index (κ2) is 5.02. The largest absolute Gasteiger partial charge is 0.478 e. The number of carboxylic acid groups (broad SMARTS) is 1. The molecule has 0 aliphatic heterocycles. The molecule has 1 heterocycles. The van der Waals surface area contributed by atoms with E-state index in [0.29, 0.717) is 5.56 Å². The van der Waals surface area contributed by atoms with Crippen molar-refractivity contribution in [1.29, 1.82) is 0 Å². The monoisotopic (exact) mass is 293 g/mol. The fraction of sp³-hybridized carbons (Fsp3) is 0.211. The van der Waals surface area contributed by atoms with Gasteiger partial charge < -0.3 is 10.1 Å². The molecule has 0 aliphatic rings. The fourth-order valence-electron chi connectivity index (χ4n) is 2.57. The van der Waals surface area contributed by atoms with Gasteiger partial charge in [-0.15, -0.1) is 0 Å². The predicted octanol–water partition coefficient (Wildman–Crippen LogP) is 4.83. The number of H-pyrrole nitrogens is 1. The number of rotatable bonds is 2. The van der Waals surface area contributed by atoms with Gasteiger partial charge in [0.1, 0.15) is 0 Å². The molecular formula is C19H19NO2. The van der Waals surface area contributed by atoms with Crippen molar-refractivity contribution in [1.82, 2.24) is 4.98 Å². The first-order valence-corrected chi connectivity index (χ1v) is 7.31. The van der Waals surface area contributed by atoms with Crippen LogP contribution in [0.15, 0.2) is 48.5 Å². The van der Waals surface area contributed by atoms with Crippen LogP contribution in [-0.4, -0.2) is 16.1 Å². The zero-order chi connectivity index (χ0) is 15.9. The SMILES string of the molecule is CC(C)(C)c1cccc(-c2cc3cc(C(=O)O)ccc3[nH]2)c1. The van der Waals surface area contributed by atoms with E-state index in [2.05, 4.69) is 50.0 Å². The van der Waals surface area contributed by atoms with Crippen molar-refractivity contribution >= 4 is 16.9 Å². The molecule has 0 unspecified atom stereocenters. The van der Waals surface area contributed by atoms with E-state index < -0.39 is 5.97 Å². The third-order valence-corrected chi connectivity index (χ3v) is 3.91. The zero-order valence-corrected chi connectivity index (χ0v) is 13.0. The fourth-order valence-corrected chi connectivity index (χ4v) is 2.57. The van der Waals surface area contributed by atoms with Crippen LogP contribution < -0.4 is 0 Å². The van der Waals surface area contributed by atoms with E-state index in [0.717, 1.165) is 22.2 Å². The van der Waals surface area contributed by atoms with Crippen molar-refractivity contribution in [2.45, 2.75) is 26.2 Å². The topological polar surface area (TPSA) is 53.1 Å². The minimum Gasteiger partial charge on any atom is -0.478 e. The third kappa shape index (κ3) is 2.62. The molecule has 0 spiro atoms. The van der Waals surface area contributed by atoms with Crippen LogP contribution in [-0.2, 0) is 5.41 Å².